The van der Waals surface area contributed by atoms with Crippen molar-refractivity contribution >= 4 is 5.95 Å². The highest BCUT2D eigenvalue weighted by Gasteiger charge is 2.25. The van der Waals surface area contributed by atoms with Crippen molar-refractivity contribution in [3.8, 4) is 0 Å². The van der Waals surface area contributed by atoms with Gasteiger partial charge < -0.3 is 15.1 Å². The van der Waals surface area contributed by atoms with E-state index in [2.05, 4.69) is 32.1 Å². The lowest BCUT2D eigenvalue weighted by Gasteiger charge is -2.38. The molecule has 0 aromatic carbocycles. The van der Waals surface area contributed by atoms with Gasteiger partial charge in [0.25, 0.3) is 0 Å². The molecular formula is C15H25N5. The molecule has 0 radical (unpaired) electrons. The second-order valence-electron chi connectivity index (χ2n) is 6.10. The van der Waals surface area contributed by atoms with E-state index in [0.29, 0.717) is 12.1 Å². The zero-order chi connectivity index (χ0) is 13.8. The molecule has 1 N–H and O–H groups in total. The molecule has 2 saturated heterocycles. The summed E-state index contributed by atoms with van der Waals surface area (Å²) < 4.78 is 0. The maximum absolute atomic E-state index is 4.37. The Hall–Kier alpha value is -1.20. The summed E-state index contributed by atoms with van der Waals surface area (Å²) in [6.45, 7) is 4.53. The van der Waals surface area contributed by atoms with Crippen LogP contribution in [0.1, 0.15) is 25.7 Å². The minimum atomic E-state index is 0.573. The highest BCUT2D eigenvalue weighted by molar-refractivity contribution is 5.29. The van der Waals surface area contributed by atoms with Gasteiger partial charge in [0.05, 0.1) is 0 Å². The lowest BCUT2D eigenvalue weighted by molar-refractivity contribution is 0.210. The van der Waals surface area contributed by atoms with E-state index in [-0.39, 0.29) is 0 Å². The number of aromatic nitrogens is 2. The first-order chi connectivity index (χ1) is 9.81. The number of likely N-dealkylation sites (N-methyl/N-ethyl adjacent to an activating group) is 1. The number of rotatable bonds is 3. The molecule has 2 aliphatic rings. The first kappa shape index (κ1) is 13.8. The van der Waals surface area contributed by atoms with Crippen LogP contribution < -0.4 is 10.2 Å². The number of anilines is 1. The molecule has 0 saturated carbocycles. The molecule has 2 unspecified atom stereocenters. The van der Waals surface area contributed by atoms with Crippen molar-refractivity contribution in [1.29, 1.82) is 0 Å². The minimum Gasteiger partial charge on any atom is -0.339 e. The first-order valence-electron chi connectivity index (χ1n) is 7.78. The van der Waals surface area contributed by atoms with Crippen molar-refractivity contribution in [2.45, 2.75) is 37.8 Å². The highest BCUT2D eigenvalue weighted by Crippen LogP contribution is 2.17. The van der Waals surface area contributed by atoms with Crippen LogP contribution in [0, 0.1) is 0 Å². The van der Waals surface area contributed by atoms with Crippen LogP contribution in [0.4, 0.5) is 5.95 Å². The molecule has 1 aromatic rings. The van der Waals surface area contributed by atoms with E-state index >= 15 is 0 Å². The van der Waals surface area contributed by atoms with Gasteiger partial charge in [-0.05, 0) is 45.3 Å². The smallest absolute Gasteiger partial charge is 0.225 e. The molecule has 0 amide bonds. The minimum absolute atomic E-state index is 0.573. The quantitative estimate of drug-likeness (QED) is 0.896. The standard InChI is InChI=1S/C15H25N5/c1-19-9-2-5-13(11-19)18-14-6-3-10-20(12-14)15-16-7-4-8-17-15/h4,7-8,13-14,18H,2-3,5-6,9-12H2,1H3. The Labute approximate surface area is 121 Å². The van der Waals surface area contributed by atoms with Gasteiger partial charge in [0, 0.05) is 44.1 Å². The van der Waals surface area contributed by atoms with Crippen LogP contribution in [0.15, 0.2) is 18.5 Å². The van der Waals surface area contributed by atoms with E-state index < -0.39 is 0 Å². The van der Waals surface area contributed by atoms with E-state index in [9.17, 15) is 0 Å². The highest BCUT2D eigenvalue weighted by atomic mass is 15.3. The normalized spacial score (nSPS) is 28.6. The van der Waals surface area contributed by atoms with Gasteiger partial charge >= 0.3 is 0 Å². The Bertz CT molecular complexity index is 410. The average Bonchev–Trinajstić information content (AvgIpc) is 2.48. The second kappa shape index (κ2) is 6.50. The average molecular weight is 275 g/mol. The van der Waals surface area contributed by atoms with Crippen LogP contribution >= 0.6 is 0 Å². The maximum Gasteiger partial charge on any atom is 0.225 e. The van der Waals surface area contributed by atoms with Crippen LogP contribution in [0.5, 0.6) is 0 Å². The topological polar surface area (TPSA) is 44.3 Å². The number of likely N-dealkylation sites (tertiary alicyclic amines) is 1. The third-order valence-electron chi connectivity index (χ3n) is 4.35. The molecule has 5 nitrogen and oxygen atoms in total. The lowest BCUT2D eigenvalue weighted by Crippen LogP contribution is -2.53. The summed E-state index contributed by atoms with van der Waals surface area (Å²) in [5.41, 5.74) is 0. The van der Waals surface area contributed by atoms with Crippen LogP contribution in [0.3, 0.4) is 0 Å². The van der Waals surface area contributed by atoms with Crippen LogP contribution in [-0.2, 0) is 0 Å². The van der Waals surface area contributed by atoms with E-state index in [1.165, 1.54) is 38.8 Å². The fourth-order valence-corrected chi connectivity index (χ4v) is 3.39. The zero-order valence-corrected chi connectivity index (χ0v) is 12.3. The monoisotopic (exact) mass is 275 g/mol. The Morgan fingerprint density at radius 1 is 1.05 bits per heavy atom. The molecule has 2 fully saturated rings. The molecular weight excluding hydrogens is 250 g/mol. The van der Waals surface area contributed by atoms with Crippen molar-refractivity contribution in [2.75, 3.05) is 38.1 Å². The third-order valence-corrected chi connectivity index (χ3v) is 4.35. The van der Waals surface area contributed by atoms with E-state index in [1.54, 1.807) is 0 Å². The van der Waals surface area contributed by atoms with E-state index in [1.807, 2.05) is 18.5 Å². The molecule has 20 heavy (non-hydrogen) atoms. The Morgan fingerprint density at radius 3 is 2.50 bits per heavy atom. The van der Waals surface area contributed by atoms with Crippen molar-refractivity contribution in [3.05, 3.63) is 18.5 Å². The van der Waals surface area contributed by atoms with Gasteiger partial charge in [0.15, 0.2) is 0 Å². The molecule has 3 heterocycles. The molecule has 110 valence electrons. The molecule has 2 atom stereocenters. The van der Waals surface area contributed by atoms with Gasteiger partial charge in [0.2, 0.25) is 5.95 Å². The molecule has 0 aliphatic carbocycles. The summed E-state index contributed by atoms with van der Waals surface area (Å²) in [7, 11) is 2.22. The predicted octanol–water partition coefficient (Wildman–Crippen LogP) is 1.13. The van der Waals surface area contributed by atoms with Crippen LogP contribution in [-0.4, -0.2) is 60.2 Å². The number of nitrogens with zero attached hydrogens (tertiary/aromatic N) is 4. The van der Waals surface area contributed by atoms with Gasteiger partial charge in [-0.2, -0.15) is 0 Å². The molecule has 3 rings (SSSR count). The SMILES string of the molecule is CN1CCCC(NC2CCCN(c3ncccn3)C2)C1. The maximum atomic E-state index is 4.37. The first-order valence-corrected chi connectivity index (χ1v) is 7.78. The third kappa shape index (κ3) is 3.46. The van der Waals surface area contributed by atoms with Crippen LogP contribution in [0.2, 0.25) is 0 Å². The predicted molar refractivity (Wildman–Crippen MR) is 80.9 cm³/mol. The Morgan fingerprint density at radius 2 is 1.75 bits per heavy atom. The second-order valence-corrected chi connectivity index (χ2v) is 6.10. The van der Waals surface area contributed by atoms with Gasteiger partial charge in [0.1, 0.15) is 0 Å². The van der Waals surface area contributed by atoms with Gasteiger partial charge in [-0.15, -0.1) is 0 Å². The molecule has 5 heteroatoms. The summed E-state index contributed by atoms with van der Waals surface area (Å²) in [5, 5.41) is 3.85. The van der Waals surface area contributed by atoms with Crippen molar-refractivity contribution in [1.82, 2.24) is 20.2 Å². The number of piperidine rings is 2. The summed E-state index contributed by atoms with van der Waals surface area (Å²) in [4.78, 5) is 13.5. The Kier molecular flexibility index (Phi) is 4.47. The summed E-state index contributed by atoms with van der Waals surface area (Å²) in [6, 6.07) is 3.10. The summed E-state index contributed by atoms with van der Waals surface area (Å²) in [5.74, 6) is 0.875. The molecule has 0 bridgehead atoms. The Balaban J connectivity index is 1.55. The zero-order valence-electron chi connectivity index (χ0n) is 12.3. The van der Waals surface area contributed by atoms with E-state index in [0.717, 1.165) is 19.0 Å². The van der Waals surface area contributed by atoms with E-state index in [4.69, 9.17) is 0 Å². The van der Waals surface area contributed by atoms with Gasteiger partial charge in [-0.25, -0.2) is 9.97 Å². The molecule has 1 aromatic heterocycles. The summed E-state index contributed by atoms with van der Waals surface area (Å²) >= 11 is 0. The number of hydrogen-bond donors (Lipinski definition) is 1. The van der Waals surface area contributed by atoms with Gasteiger partial charge in [-0.3, -0.25) is 0 Å². The fraction of sp³-hybridized carbons (Fsp3) is 0.733. The molecule has 2 aliphatic heterocycles. The van der Waals surface area contributed by atoms with Gasteiger partial charge in [-0.1, -0.05) is 0 Å². The van der Waals surface area contributed by atoms with Crippen molar-refractivity contribution in [3.63, 3.8) is 0 Å². The van der Waals surface area contributed by atoms with Crippen molar-refractivity contribution < 1.29 is 0 Å². The largest absolute Gasteiger partial charge is 0.339 e. The fourth-order valence-electron chi connectivity index (χ4n) is 3.39. The van der Waals surface area contributed by atoms with Crippen molar-refractivity contribution in [2.24, 2.45) is 0 Å². The number of nitrogens with one attached hydrogen (secondary N) is 1. The molecule has 0 spiro atoms. The van der Waals surface area contributed by atoms with Crippen LogP contribution in [0.25, 0.3) is 0 Å². The number of hydrogen-bond acceptors (Lipinski definition) is 5. The lowest BCUT2D eigenvalue weighted by atomic mass is 10.0. The summed E-state index contributed by atoms with van der Waals surface area (Å²) in [6.07, 6.45) is 8.77.